The Morgan fingerprint density at radius 2 is 2.24 bits per heavy atom. The first-order valence-electron chi connectivity index (χ1n) is 5.43. The lowest BCUT2D eigenvalue weighted by Crippen LogP contribution is -2.21. The van der Waals surface area contributed by atoms with E-state index in [0.717, 1.165) is 16.5 Å². The van der Waals surface area contributed by atoms with E-state index in [2.05, 4.69) is 0 Å². The van der Waals surface area contributed by atoms with E-state index in [-0.39, 0.29) is 6.10 Å². The number of rotatable bonds is 1. The highest BCUT2D eigenvalue weighted by Gasteiger charge is 2.25. The highest BCUT2D eigenvalue weighted by Crippen LogP contribution is 2.44. The number of thiophene rings is 1. The second-order valence-corrected chi connectivity index (χ2v) is 5.89. The van der Waals surface area contributed by atoms with Gasteiger partial charge in [0, 0.05) is 21.5 Å². The van der Waals surface area contributed by atoms with E-state index in [1.807, 2.05) is 12.1 Å². The van der Waals surface area contributed by atoms with Gasteiger partial charge in [0.15, 0.2) is 0 Å². The van der Waals surface area contributed by atoms with Crippen LogP contribution in [-0.2, 0) is 11.2 Å². The Balaban J connectivity index is 2.31. The quantitative estimate of drug-likeness (QED) is 0.866. The molecule has 0 aliphatic carbocycles. The van der Waals surface area contributed by atoms with Gasteiger partial charge in [0.2, 0.25) is 0 Å². The largest absolute Gasteiger partial charge is 0.371 e. The van der Waals surface area contributed by atoms with Crippen LogP contribution in [0.3, 0.4) is 0 Å². The molecule has 0 saturated carbocycles. The average molecular weight is 288 g/mol. The molecule has 2 aromatic rings. The molecule has 0 saturated heterocycles. The predicted octanol–water partition coefficient (Wildman–Crippen LogP) is 3.78. The first-order chi connectivity index (χ1) is 8.22. The van der Waals surface area contributed by atoms with Crippen LogP contribution in [0.1, 0.15) is 16.5 Å². The third kappa shape index (κ3) is 1.77. The lowest BCUT2D eigenvalue weighted by atomic mass is 10.0. The maximum absolute atomic E-state index is 6.30. The van der Waals surface area contributed by atoms with Crippen LogP contribution >= 0.6 is 34.5 Å². The van der Waals surface area contributed by atoms with Crippen molar-refractivity contribution in [3.63, 3.8) is 0 Å². The van der Waals surface area contributed by atoms with Crippen molar-refractivity contribution < 1.29 is 4.74 Å². The normalized spacial score (nSPS) is 19.6. The van der Waals surface area contributed by atoms with E-state index in [1.54, 1.807) is 11.3 Å². The summed E-state index contributed by atoms with van der Waals surface area (Å²) in [5.74, 6) is 0. The van der Waals surface area contributed by atoms with Gasteiger partial charge in [0.25, 0.3) is 0 Å². The average Bonchev–Trinajstić information content (AvgIpc) is 2.72. The molecule has 17 heavy (non-hydrogen) atoms. The Bertz CT molecular complexity index is 581. The van der Waals surface area contributed by atoms with E-state index < -0.39 is 0 Å². The summed E-state index contributed by atoms with van der Waals surface area (Å²) >= 11 is 14.1. The number of benzene rings is 1. The summed E-state index contributed by atoms with van der Waals surface area (Å²) in [6.45, 7) is 1.20. The highest BCUT2D eigenvalue weighted by molar-refractivity contribution is 7.19. The van der Waals surface area contributed by atoms with Crippen molar-refractivity contribution in [2.45, 2.75) is 12.5 Å². The van der Waals surface area contributed by atoms with E-state index in [1.165, 1.54) is 10.4 Å². The zero-order valence-corrected chi connectivity index (χ0v) is 11.3. The minimum Gasteiger partial charge on any atom is -0.371 e. The van der Waals surface area contributed by atoms with Gasteiger partial charge in [-0.05, 0) is 24.1 Å². The van der Waals surface area contributed by atoms with Crippen molar-refractivity contribution in [2.24, 2.45) is 5.73 Å². The van der Waals surface area contributed by atoms with Gasteiger partial charge in [-0.2, -0.15) is 0 Å². The van der Waals surface area contributed by atoms with Crippen LogP contribution in [0.4, 0.5) is 0 Å². The van der Waals surface area contributed by atoms with Crippen molar-refractivity contribution in [1.82, 2.24) is 0 Å². The second kappa shape index (κ2) is 4.41. The van der Waals surface area contributed by atoms with Crippen molar-refractivity contribution in [3.05, 3.63) is 32.6 Å². The Labute approximate surface area is 113 Å². The third-order valence-corrected chi connectivity index (χ3v) is 5.15. The molecule has 1 aromatic carbocycles. The van der Waals surface area contributed by atoms with Crippen LogP contribution < -0.4 is 5.73 Å². The molecule has 1 aliphatic rings. The second-order valence-electron chi connectivity index (χ2n) is 4.02. The number of fused-ring (bicyclic) bond motifs is 3. The summed E-state index contributed by atoms with van der Waals surface area (Å²) in [5.41, 5.74) is 6.99. The molecular weight excluding hydrogens is 277 g/mol. The van der Waals surface area contributed by atoms with Gasteiger partial charge in [-0.15, -0.1) is 11.3 Å². The standard InChI is InChI=1S/C12H11Cl2NOS/c13-7-1-2-9-10(11(7)14)6-3-4-16-8(5-15)12(6)17-9/h1-2,8H,3-5,15H2. The number of hydrogen-bond acceptors (Lipinski definition) is 3. The smallest absolute Gasteiger partial charge is 0.104 e. The van der Waals surface area contributed by atoms with Crippen molar-refractivity contribution >= 4 is 44.6 Å². The first kappa shape index (κ1) is 11.8. The van der Waals surface area contributed by atoms with Gasteiger partial charge in [0.05, 0.1) is 16.7 Å². The van der Waals surface area contributed by atoms with E-state index >= 15 is 0 Å². The molecule has 2 nitrogen and oxygen atoms in total. The summed E-state index contributed by atoms with van der Waals surface area (Å²) in [6, 6.07) is 3.85. The molecule has 1 aliphatic heterocycles. The van der Waals surface area contributed by atoms with Crippen molar-refractivity contribution in [1.29, 1.82) is 0 Å². The molecule has 1 aromatic heterocycles. The van der Waals surface area contributed by atoms with E-state index in [4.69, 9.17) is 33.7 Å². The zero-order valence-electron chi connectivity index (χ0n) is 9.00. The monoisotopic (exact) mass is 287 g/mol. The van der Waals surface area contributed by atoms with Gasteiger partial charge >= 0.3 is 0 Å². The molecule has 3 rings (SSSR count). The lowest BCUT2D eigenvalue weighted by molar-refractivity contribution is 0.0519. The van der Waals surface area contributed by atoms with E-state index in [0.29, 0.717) is 23.2 Å². The van der Waals surface area contributed by atoms with Crippen LogP contribution in [0.5, 0.6) is 0 Å². The van der Waals surface area contributed by atoms with Crippen LogP contribution in [0.25, 0.3) is 10.1 Å². The Morgan fingerprint density at radius 1 is 1.41 bits per heavy atom. The van der Waals surface area contributed by atoms with Crippen LogP contribution in [0.15, 0.2) is 12.1 Å². The zero-order chi connectivity index (χ0) is 12.0. The number of nitrogens with two attached hydrogens (primary N) is 1. The predicted molar refractivity (Wildman–Crippen MR) is 73.3 cm³/mol. The maximum Gasteiger partial charge on any atom is 0.104 e. The summed E-state index contributed by atoms with van der Waals surface area (Å²) < 4.78 is 6.82. The fraction of sp³-hybridized carbons (Fsp3) is 0.333. The lowest BCUT2D eigenvalue weighted by Gasteiger charge is -2.21. The third-order valence-electron chi connectivity index (χ3n) is 3.05. The van der Waals surface area contributed by atoms with Crippen molar-refractivity contribution in [2.75, 3.05) is 13.2 Å². The Kier molecular flexibility index (Phi) is 3.05. The van der Waals surface area contributed by atoms with Gasteiger partial charge in [-0.25, -0.2) is 0 Å². The fourth-order valence-corrected chi connectivity index (χ4v) is 4.08. The summed E-state index contributed by atoms with van der Waals surface area (Å²) in [5, 5.41) is 2.34. The molecule has 0 amide bonds. The van der Waals surface area contributed by atoms with Gasteiger partial charge in [-0.1, -0.05) is 23.2 Å². The topological polar surface area (TPSA) is 35.2 Å². The molecule has 0 radical (unpaired) electrons. The molecule has 0 bridgehead atoms. The molecule has 90 valence electrons. The first-order valence-corrected chi connectivity index (χ1v) is 7.00. The number of ether oxygens (including phenoxy) is 1. The van der Waals surface area contributed by atoms with Crippen LogP contribution in [0.2, 0.25) is 10.0 Å². The summed E-state index contributed by atoms with van der Waals surface area (Å²) in [6.07, 6.45) is 0.886. The Morgan fingerprint density at radius 3 is 3.00 bits per heavy atom. The Hall–Kier alpha value is -0.320. The molecule has 1 unspecified atom stereocenters. The molecular formula is C12H11Cl2NOS. The SMILES string of the molecule is NCC1OCCc2c1sc1ccc(Cl)c(Cl)c21. The minimum atomic E-state index is 0.00555. The van der Waals surface area contributed by atoms with Gasteiger partial charge in [-0.3, -0.25) is 0 Å². The number of hydrogen-bond donors (Lipinski definition) is 1. The minimum absolute atomic E-state index is 0.00555. The van der Waals surface area contributed by atoms with E-state index in [9.17, 15) is 0 Å². The highest BCUT2D eigenvalue weighted by atomic mass is 35.5. The van der Waals surface area contributed by atoms with Gasteiger partial charge in [0.1, 0.15) is 6.10 Å². The molecule has 2 heterocycles. The molecule has 0 spiro atoms. The molecule has 2 N–H and O–H groups in total. The van der Waals surface area contributed by atoms with Gasteiger partial charge < -0.3 is 10.5 Å². The van der Waals surface area contributed by atoms with Crippen LogP contribution in [0, 0.1) is 0 Å². The number of halogens is 2. The summed E-state index contributed by atoms with van der Waals surface area (Å²) in [4.78, 5) is 1.21. The molecule has 5 heteroatoms. The molecule has 0 fully saturated rings. The fourth-order valence-electron chi connectivity index (χ4n) is 2.26. The van der Waals surface area contributed by atoms with Crippen molar-refractivity contribution in [3.8, 4) is 0 Å². The van der Waals surface area contributed by atoms with Crippen LogP contribution in [-0.4, -0.2) is 13.2 Å². The maximum atomic E-state index is 6.30. The molecule has 1 atom stereocenters. The summed E-state index contributed by atoms with van der Waals surface area (Å²) in [7, 11) is 0.